The fraction of sp³-hybridized carbons (Fsp3) is 0.417. The molecule has 0 heterocycles. The summed E-state index contributed by atoms with van der Waals surface area (Å²) in [5.41, 5.74) is 2.70. The van der Waals surface area contributed by atoms with Gasteiger partial charge >= 0.3 is 0 Å². The zero-order valence-electron chi connectivity index (χ0n) is 18.4. The molecular weight excluding hydrogens is 383 g/mol. The Kier molecular flexibility index (Phi) is 8.39. The van der Waals surface area contributed by atoms with E-state index >= 15 is 0 Å². The maximum absolute atomic E-state index is 13.3. The van der Waals surface area contributed by atoms with Gasteiger partial charge in [0.15, 0.2) is 6.61 Å². The molecule has 0 aliphatic carbocycles. The summed E-state index contributed by atoms with van der Waals surface area (Å²) in [6.45, 7) is 9.46. The number of nitrogens with one attached hydrogen (secondary N) is 1. The maximum Gasteiger partial charge on any atom is 0.261 e. The molecule has 0 spiro atoms. The second kappa shape index (κ2) is 10.8. The van der Waals surface area contributed by atoms with E-state index in [1.165, 1.54) is 17.0 Å². The standard InChI is InChI=1S/C24H31FN2O3/c1-6-18(4)26-24(29)19(5)27(14-20-9-11-21(25)12-10-20)23(28)15-30-22-13-16(2)7-8-17(22)3/h7-13,18-19H,6,14-15H2,1-5H3,(H,26,29)/t18-,19-/m1/s1. The van der Waals surface area contributed by atoms with Crippen molar-refractivity contribution in [2.24, 2.45) is 0 Å². The molecule has 30 heavy (non-hydrogen) atoms. The Hall–Kier alpha value is -2.89. The number of carbonyl (C=O) groups excluding carboxylic acids is 2. The highest BCUT2D eigenvalue weighted by molar-refractivity contribution is 5.88. The molecule has 0 saturated carbocycles. The van der Waals surface area contributed by atoms with Crippen molar-refractivity contribution in [3.05, 3.63) is 65.0 Å². The first-order valence-electron chi connectivity index (χ1n) is 10.3. The normalized spacial score (nSPS) is 12.7. The number of halogens is 1. The first kappa shape index (κ1) is 23.4. The van der Waals surface area contributed by atoms with E-state index in [1.54, 1.807) is 19.1 Å². The molecule has 2 amide bonds. The fourth-order valence-corrected chi connectivity index (χ4v) is 2.92. The molecule has 2 aromatic carbocycles. The topological polar surface area (TPSA) is 58.6 Å². The van der Waals surface area contributed by atoms with Crippen molar-refractivity contribution in [3.63, 3.8) is 0 Å². The molecule has 162 valence electrons. The van der Waals surface area contributed by atoms with Crippen molar-refractivity contribution in [2.45, 2.75) is 59.7 Å². The van der Waals surface area contributed by atoms with Gasteiger partial charge in [0, 0.05) is 12.6 Å². The molecule has 0 bridgehead atoms. The maximum atomic E-state index is 13.3. The van der Waals surface area contributed by atoms with Gasteiger partial charge in [-0.3, -0.25) is 9.59 Å². The van der Waals surface area contributed by atoms with Gasteiger partial charge in [-0.15, -0.1) is 0 Å². The summed E-state index contributed by atoms with van der Waals surface area (Å²) in [4.78, 5) is 27.2. The van der Waals surface area contributed by atoms with Gasteiger partial charge in [-0.25, -0.2) is 4.39 Å². The summed E-state index contributed by atoms with van der Waals surface area (Å²) < 4.78 is 19.0. The van der Waals surface area contributed by atoms with Crippen LogP contribution in [0.5, 0.6) is 5.75 Å². The van der Waals surface area contributed by atoms with Crippen LogP contribution in [0, 0.1) is 19.7 Å². The van der Waals surface area contributed by atoms with Crippen LogP contribution < -0.4 is 10.1 Å². The lowest BCUT2D eigenvalue weighted by Gasteiger charge is -2.29. The van der Waals surface area contributed by atoms with Crippen molar-refractivity contribution in [1.29, 1.82) is 0 Å². The first-order chi connectivity index (χ1) is 14.2. The largest absolute Gasteiger partial charge is 0.483 e. The third-order valence-corrected chi connectivity index (χ3v) is 5.13. The highest BCUT2D eigenvalue weighted by atomic mass is 19.1. The van der Waals surface area contributed by atoms with Gasteiger partial charge in [0.2, 0.25) is 5.91 Å². The second-order valence-corrected chi connectivity index (χ2v) is 7.70. The van der Waals surface area contributed by atoms with Crippen LogP contribution in [-0.4, -0.2) is 35.4 Å². The minimum absolute atomic E-state index is 0.00826. The van der Waals surface area contributed by atoms with Gasteiger partial charge in [-0.1, -0.05) is 31.2 Å². The van der Waals surface area contributed by atoms with Crippen LogP contribution in [0.25, 0.3) is 0 Å². The van der Waals surface area contributed by atoms with E-state index in [9.17, 15) is 14.0 Å². The molecule has 5 nitrogen and oxygen atoms in total. The van der Waals surface area contributed by atoms with E-state index in [0.717, 1.165) is 23.1 Å². The van der Waals surface area contributed by atoms with Gasteiger partial charge in [0.05, 0.1) is 0 Å². The number of hydrogen-bond acceptors (Lipinski definition) is 3. The Labute approximate surface area is 178 Å². The summed E-state index contributed by atoms with van der Waals surface area (Å²) in [5, 5.41) is 2.92. The van der Waals surface area contributed by atoms with Gasteiger partial charge < -0.3 is 15.0 Å². The Morgan fingerprint density at radius 1 is 1.10 bits per heavy atom. The second-order valence-electron chi connectivity index (χ2n) is 7.70. The molecule has 0 aliphatic heterocycles. The average Bonchev–Trinajstić information content (AvgIpc) is 2.73. The molecule has 0 aromatic heterocycles. The van der Waals surface area contributed by atoms with Crippen molar-refractivity contribution in [2.75, 3.05) is 6.61 Å². The molecule has 2 rings (SSSR count). The predicted molar refractivity (Wildman–Crippen MR) is 116 cm³/mol. The summed E-state index contributed by atoms with van der Waals surface area (Å²) >= 11 is 0. The van der Waals surface area contributed by atoms with E-state index < -0.39 is 6.04 Å². The first-order valence-corrected chi connectivity index (χ1v) is 10.3. The molecule has 1 N–H and O–H groups in total. The Morgan fingerprint density at radius 2 is 1.77 bits per heavy atom. The molecule has 6 heteroatoms. The fourth-order valence-electron chi connectivity index (χ4n) is 2.92. The number of amides is 2. The number of hydrogen-bond donors (Lipinski definition) is 1. The lowest BCUT2D eigenvalue weighted by Crippen LogP contribution is -2.50. The zero-order chi connectivity index (χ0) is 22.3. The summed E-state index contributed by atoms with van der Waals surface area (Å²) in [6.07, 6.45) is 0.792. The van der Waals surface area contributed by atoms with Crippen LogP contribution >= 0.6 is 0 Å². The number of benzene rings is 2. The predicted octanol–water partition coefficient (Wildman–Crippen LogP) is 4.15. The molecule has 2 aromatic rings. The van der Waals surface area contributed by atoms with E-state index in [-0.39, 0.29) is 36.8 Å². The van der Waals surface area contributed by atoms with Crippen LogP contribution in [0.4, 0.5) is 4.39 Å². The summed E-state index contributed by atoms with van der Waals surface area (Å²) in [7, 11) is 0. The van der Waals surface area contributed by atoms with Crippen molar-refractivity contribution in [3.8, 4) is 5.75 Å². The van der Waals surface area contributed by atoms with Crippen LogP contribution in [0.1, 0.15) is 43.9 Å². The number of rotatable bonds is 9. The van der Waals surface area contributed by atoms with Gasteiger partial charge in [0.25, 0.3) is 5.91 Å². The molecule has 0 unspecified atom stereocenters. The molecule has 0 radical (unpaired) electrons. The van der Waals surface area contributed by atoms with E-state index in [4.69, 9.17) is 4.74 Å². The summed E-state index contributed by atoms with van der Waals surface area (Å²) in [6, 6.07) is 11.0. The highest BCUT2D eigenvalue weighted by Gasteiger charge is 2.27. The SMILES string of the molecule is CC[C@@H](C)NC(=O)[C@@H](C)N(Cc1ccc(F)cc1)C(=O)COc1cc(C)ccc1C. The Morgan fingerprint density at radius 3 is 2.40 bits per heavy atom. The third kappa shape index (κ3) is 6.58. The molecular formula is C24H31FN2O3. The van der Waals surface area contributed by atoms with Crippen molar-refractivity contribution < 1.29 is 18.7 Å². The van der Waals surface area contributed by atoms with Gasteiger partial charge in [-0.05, 0) is 69.0 Å². The monoisotopic (exact) mass is 414 g/mol. The smallest absolute Gasteiger partial charge is 0.261 e. The van der Waals surface area contributed by atoms with E-state index in [2.05, 4.69) is 5.32 Å². The van der Waals surface area contributed by atoms with Crippen LogP contribution in [0.15, 0.2) is 42.5 Å². The summed E-state index contributed by atoms with van der Waals surface area (Å²) in [5.74, 6) is -0.252. The van der Waals surface area contributed by atoms with Crippen molar-refractivity contribution in [1.82, 2.24) is 10.2 Å². The lowest BCUT2D eigenvalue weighted by molar-refractivity contribution is -0.142. The molecule has 0 saturated heterocycles. The third-order valence-electron chi connectivity index (χ3n) is 5.13. The van der Waals surface area contributed by atoms with Crippen LogP contribution in [-0.2, 0) is 16.1 Å². The molecule has 0 aliphatic rings. The number of nitrogens with zero attached hydrogens (tertiary/aromatic N) is 1. The number of aryl methyl sites for hydroxylation is 2. The zero-order valence-corrected chi connectivity index (χ0v) is 18.4. The molecule has 2 atom stereocenters. The highest BCUT2D eigenvalue weighted by Crippen LogP contribution is 2.19. The Balaban J connectivity index is 2.17. The van der Waals surface area contributed by atoms with Crippen LogP contribution in [0.2, 0.25) is 0 Å². The van der Waals surface area contributed by atoms with Gasteiger partial charge in [-0.2, -0.15) is 0 Å². The van der Waals surface area contributed by atoms with E-state index in [1.807, 2.05) is 45.9 Å². The average molecular weight is 415 g/mol. The Bertz CT molecular complexity index is 867. The van der Waals surface area contributed by atoms with E-state index in [0.29, 0.717) is 5.75 Å². The van der Waals surface area contributed by atoms with Crippen LogP contribution in [0.3, 0.4) is 0 Å². The minimum Gasteiger partial charge on any atom is -0.483 e. The lowest BCUT2D eigenvalue weighted by atomic mass is 10.1. The quantitative estimate of drug-likeness (QED) is 0.671. The van der Waals surface area contributed by atoms with Gasteiger partial charge in [0.1, 0.15) is 17.6 Å². The molecule has 0 fully saturated rings. The number of ether oxygens (including phenoxy) is 1. The van der Waals surface area contributed by atoms with Crippen molar-refractivity contribution >= 4 is 11.8 Å². The minimum atomic E-state index is -0.696. The number of carbonyl (C=O) groups is 2.